The Kier molecular flexibility index (Phi) is 7.86. The van der Waals surface area contributed by atoms with E-state index >= 15 is 4.39 Å². The van der Waals surface area contributed by atoms with E-state index in [-0.39, 0.29) is 11.1 Å². The van der Waals surface area contributed by atoms with E-state index in [0.29, 0.717) is 58.7 Å². The average Bonchev–Trinajstić information content (AvgIpc) is 3.19. The molecular weight excluding hydrogens is 555 g/mol. The van der Waals surface area contributed by atoms with Gasteiger partial charge in [-0.15, -0.1) is 0 Å². The second kappa shape index (κ2) is 11.9. The molecule has 1 unspecified atom stereocenters. The summed E-state index contributed by atoms with van der Waals surface area (Å²) >= 11 is 6.41. The molecule has 2 aliphatic heterocycles. The molecule has 0 radical (unpaired) electrons. The number of allylic oxidation sites excluding steroid dienone is 5. The molecule has 3 heterocycles. The molecule has 0 saturated carbocycles. The highest BCUT2D eigenvalue weighted by atomic mass is 35.5. The topological polar surface area (TPSA) is 91.7 Å². The molecule has 42 heavy (non-hydrogen) atoms. The molecule has 1 aliphatic carbocycles. The molecule has 0 spiro atoms. The molecule has 214 valence electrons. The zero-order chi connectivity index (χ0) is 29.2. The normalized spacial score (nSPS) is 18.0. The monoisotopic (exact) mass is 584 g/mol. The largest absolute Gasteiger partial charge is 0.496 e. The number of methoxy groups -OCH3 is 1. The van der Waals surface area contributed by atoms with E-state index in [1.54, 1.807) is 30.6 Å². The number of ether oxygens (including phenoxy) is 1. The number of anilines is 2. The van der Waals surface area contributed by atoms with Gasteiger partial charge >= 0.3 is 0 Å². The van der Waals surface area contributed by atoms with Crippen LogP contribution in [0.4, 0.5) is 16.0 Å². The van der Waals surface area contributed by atoms with Gasteiger partial charge in [-0.05, 0) is 79.9 Å². The van der Waals surface area contributed by atoms with Crippen molar-refractivity contribution >= 4 is 45.5 Å². The quantitative estimate of drug-likeness (QED) is 0.383. The van der Waals surface area contributed by atoms with Gasteiger partial charge in [-0.3, -0.25) is 4.79 Å². The van der Waals surface area contributed by atoms with Crippen LogP contribution in [-0.4, -0.2) is 59.2 Å². The minimum atomic E-state index is -0.424. The lowest BCUT2D eigenvalue weighted by atomic mass is 9.84. The Balaban J connectivity index is 1.26. The SMILES string of the molecule is CNC1CCCN(C(=O)c2ccc(Nc3ncc4c(n3)C3=CN=C(Cl)C=C(c5c(F)cccc5OC)C3=CC4)cc2)C1. The lowest BCUT2D eigenvalue weighted by Gasteiger charge is -2.32. The van der Waals surface area contributed by atoms with Crippen LogP contribution in [0.15, 0.2) is 77.6 Å². The number of fused-ring (bicyclic) bond motifs is 3. The van der Waals surface area contributed by atoms with Crippen molar-refractivity contribution in [2.45, 2.75) is 25.3 Å². The highest BCUT2D eigenvalue weighted by molar-refractivity contribution is 6.69. The van der Waals surface area contributed by atoms with Gasteiger partial charge in [0.25, 0.3) is 5.91 Å². The Morgan fingerprint density at radius 2 is 1.98 bits per heavy atom. The van der Waals surface area contributed by atoms with E-state index in [1.807, 2.05) is 42.3 Å². The zero-order valence-electron chi connectivity index (χ0n) is 23.3. The Hall–Kier alpha value is -4.34. The van der Waals surface area contributed by atoms with Crippen LogP contribution in [0.3, 0.4) is 0 Å². The minimum absolute atomic E-state index is 0.0284. The van der Waals surface area contributed by atoms with Crippen molar-refractivity contribution in [1.29, 1.82) is 0 Å². The number of hydrogen-bond donors (Lipinski definition) is 2. The summed E-state index contributed by atoms with van der Waals surface area (Å²) < 4.78 is 20.6. The van der Waals surface area contributed by atoms with Gasteiger partial charge in [0.2, 0.25) is 5.95 Å². The number of halogens is 2. The lowest BCUT2D eigenvalue weighted by molar-refractivity contribution is 0.0698. The maximum atomic E-state index is 15.1. The van der Waals surface area contributed by atoms with Gasteiger partial charge in [0.05, 0.1) is 18.4 Å². The van der Waals surface area contributed by atoms with Gasteiger partial charge in [0.1, 0.15) is 16.7 Å². The standard InChI is InChI=1S/C32H30ClFN6O2/c1-35-22-5-4-14-40(18-22)31(41)19-8-11-21(12-9-19)38-32-37-16-20-10-13-23-24(29-26(34)6-3-7-27(29)42-2)15-28(33)36-17-25(23)30(20)39-32/h3,6-9,11-13,15-17,22,35H,4-5,10,14,18H2,1-2H3,(H,37,38,39). The third-order valence-electron chi connectivity index (χ3n) is 7.78. The van der Waals surface area contributed by atoms with Crippen molar-refractivity contribution in [1.82, 2.24) is 20.2 Å². The second-order valence-corrected chi connectivity index (χ2v) is 10.7. The van der Waals surface area contributed by atoms with Gasteiger partial charge in [-0.1, -0.05) is 23.7 Å². The molecule has 1 aromatic heterocycles. The first-order valence-corrected chi connectivity index (χ1v) is 14.2. The van der Waals surface area contributed by atoms with Gasteiger partial charge < -0.3 is 20.3 Å². The van der Waals surface area contributed by atoms with Crippen LogP contribution in [0.1, 0.15) is 40.0 Å². The van der Waals surface area contributed by atoms with E-state index < -0.39 is 5.82 Å². The maximum Gasteiger partial charge on any atom is 0.253 e. The van der Waals surface area contributed by atoms with Gasteiger partial charge in [-0.25, -0.2) is 19.4 Å². The van der Waals surface area contributed by atoms with E-state index in [4.69, 9.17) is 21.3 Å². The number of amides is 1. The van der Waals surface area contributed by atoms with E-state index in [2.05, 4.69) is 20.6 Å². The van der Waals surface area contributed by atoms with E-state index in [0.717, 1.165) is 36.2 Å². The number of carbonyl (C=O) groups excluding carboxylic acids is 1. The van der Waals surface area contributed by atoms with Crippen molar-refractivity contribution in [3.8, 4) is 5.75 Å². The molecule has 0 bridgehead atoms. The number of nitrogens with one attached hydrogen (secondary N) is 2. The van der Waals surface area contributed by atoms with Crippen molar-refractivity contribution in [3.05, 3.63) is 101 Å². The highest BCUT2D eigenvalue weighted by Gasteiger charge is 2.28. The van der Waals surface area contributed by atoms with E-state index in [9.17, 15) is 4.79 Å². The number of benzene rings is 2. The summed E-state index contributed by atoms with van der Waals surface area (Å²) in [6, 6.07) is 12.4. The minimum Gasteiger partial charge on any atom is -0.496 e. The molecule has 1 amide bonds. The fourth-order valence-electron chi connectivity index (χ4n) is 5.59. The maximum absolute atomic E-state index is 15.1. The summed E-state index contributed by atoms with van der Waals surface area (Å²) in [4.78, 5) is 28.7. The molecule has 3 aliphatic rings. The molecule has 10 heteroatoms. The first-order chi connectivity index (χ1) is 20.4. The number of hydrogen-bond acceptors (Lipinski definition) is 7. The Morgan fingerprint density at radius 1 is 1.14 bits per heavy atom. The molecular formula is C32H30ClFN6O2. The summed E-state index contributed by atoms with van der Waals surface area (Å²) in [5.74, 6) is 0.386. The predicted molar refractivity (Wildman–Crippen MR) is 164 cm³/mol. The van der Waals surface area contributed by atoms with Gasteiger partial charge in [-0.2, -0.15) is 0 Å². The molecule has 6 rings (SSSR count). The second-order valence-electron chi connectivity index (χ2n) is 10.3. The van der Waals surface area contributed by atoms with Crippen LogP contribution in [0.2, 0.25) is 0 Å². The summed E-state index contributed by atoms with van der Waals surface area (Å²) in [7, 11) is 3.44. The molecule has 1 atom stereocenters. The third-order valence-corrected chi connectivity index (χ3v) is 7.98. The molecule has 1 fully saturated rings. The van der Waals surface area contributed by atoms with Crippen molar-refractivity contribution in [2.24, 2.45) is 4.99 Å². The molecule has 2 aromatic carbocycles. The number of piperidine rings is 1. The number of aromatic nitrogens is 2. The number of aliphatic imine (C=N–C) groups is 1. The predicted octanol–water partition coefficient (Wildman–Crippen LogP) is 5.75. The number of likely N-dealkylation sites (tertiary alicyclic amines) is 1. The molecule has 1 saturated heterocycles. The number of carbonyl (C=O) groups is 1. The molecule has 3 aromatic rings. The summed E-state index contributed by atoms with van der Waals surface area (Å²) in [6.45, 7) is 1.47. The van der Waals surface area contributed by atoms with Crippen molar-refractivity contribution in [2.75, 3.05) is 32.6 Å². The zero-order valence-corrected chi connectivity index (χ0v) is 24.1. The van der Waals surface area contributed by atoms with Crippen LogP contribution in [0, 0.1) is 5.82 Å². The van der Waals surface area contributed by atoms with Crippen LogP contribution in [0.25, 0.3) is 11.1 Å². The van der Waals surface area contributed by atoms with Gasteiger partial charge in [0.15, 0.2) is 0 Å². The third kappa shape index (κ3) is 5.45. The first-order valence-electron chi connectivity index (χ1n) is 13.8. The van der Waals surface area contributed by atoms with Gasteiger partial charge in [0, 0.05) is 53.9 Å². The molecule has 8 nitrogen and oxygen atoms in total. The number of nitrogens with zero attached hydrogens (tertiary/aromatic N) is 4. The van der Waals surface area contributed by atoms with Crippen molar-refractivity contribution < 1.29 is 13.9 Å². The number of rotatable bonds is 6. The Bertz CT molecular complexity index is 1660. The highest BCUT2D eigenvalue weighted by Crippen LogP contribution is 2.43. The summed E-state index contributed by atoms with van der Waals surface area (Å²) in [6.07, 6.45) is 9.69. The van der Waals surface area contributed by atoms with Crippen LogP contribution < -0.4 is 15.4 Å². The average molecular weight is 585 g/mol. The fourth-order valence-corrected chi connectivity index (χ4v) is 5.75. The summed E-state index contributed by atoms with van der Waals surface area (Å²) in [5.41, 5.74) is 5.31. The number of likely N-dealkylation sites (N-methyl/N-ethyl adjacent to an activating group) is 1. The van der Waals surface area contributed by atoms with E-state index in [1.165, 1.54) is 13.2 Å². The van der Waals surface area contributed by atoms with Crippen molar-refractivity contribution in [3.63, 3.8) is 0 Å². The smallest absolute Gasteiger partial charge is 0.253 e. The summed E-state index contributed by atoms with van der Waals surface area (Å²) in [5, 5.41) is 6.74. The molecule has 2 N–H and O–H groups in total. The first kappa shape index (κ1) is 27.8. The fraction of sp³-hybridized carbons (Fsp3) is 0.250. The van der Waals surface area contributed by atoms with Crippen LogP contribution in [-0.2, 0) is 6.42 Å². The lowest BCUT2D eigenvalue weighted by Crippen LogP contribution is -2.46. The Labute approximate surface area is 248 Å². The van der Waals surface area contributed by atoms with Crippen LogP contribution in [0.5, 0.6) is 5.75 Å². The van der Waals surface area contributed by atoms with Crippen LogP contribution >= 0.6 is 11.6 Å². The Morgan fingerprint density at radius 3 is 2.76 bits per heavy atom.